The number of hydrogen-bond donors (Lipinski definition) is 1. The Hall–Kier alpha value is -2.35. The van der Waals surface area contributed by atoms with Gasteiger partial charge in [0, 0.05) is 30.9 Å². The Bertz CT molecular complexity index is 741. The number of hydrogen-bond acceptors (Lipinski definition) is 3. The molecule has 2 N–H and O–H groups in total. The van der Waals surface area contributed by atoms with Crippen LogP contribution in [0.15, 0.2) is 36.5 Å². The van der Waals surface area contributed by atoms with Gasteiger partial charge >= 0.3 is 6.18 Å². The third kappa shape index (κ3) is 3.14. The number of carbonyl (C=O) groups excluding carboxylic acids is 1. The first kappa shape index (κ1) is 16.5. The predicted octanol–water partition coefficient (Wildman–Crippen LogP) is 2.45. The van der Waals surface area contributed by atoms with Crippen molar-refractivity contribution in [2.24, 2.45) is 5.73 Å². The summed E-state index contributed by atoms with van der Waals surface area (Å²) in [5.74, 6) is -0.159. The summed E-state index contributed by atoms with van der Waals surface area (Å²) < 4.78 is 39.1. The van der Waals surface area contributed by atoms with Gasteiger partial charge in [-0.05, 0) is 37.1 Å². The van der Waals surface area contributed by atoms with E-state index in [4.69, 9.17) is 5.73 Å². The molecule has 3 rings (SSSR count). The third-order valence-corrected chi connectivity index (χ3v) is 4.15. The van der Waals surface area contributed by atoms with Gasteiger partial charge in [-0.15, -0.1) is 0 Å². The lowest BCUT2D eigenvalue weighted by molar-refractivity contribution is -0.141. The third-order valence-electron chi connectivity index (χ3n) is 4.15. The van der Waals surface area contributed by atoms with Crippen LogP contribution in [0.25, 0.3) is 5.69 Å². The molecule has 5 nitrogen and oxygen atoms in total. The van der Waals surface area contributed by atoms with E-state index in [-0.39, 0.29) is 11.9 Å². The van der Waals surface area contributed by atoms with E-state index in [0.29, 0.717) is 24.3 Å². The first-order valence-electron chi connectivity index (χ1n) is 7.64. The Kier molecular flexibility index (Phi) is 4.31. The van der Waals surface area contributed by atoms with E-state index in [1.54, 1.807) is 29.2 Å². The summed E-state index contributed by atoms with van der Waals surface area (Å²) in [7, 11) is 0. The summed E-state index contributed by atoms with van der Waals surface area (Å²) in [5, 5.41) is 3.53. The van der Waals surface area contributed by atoms with Crippen molar-refractivity contribution in [3.05, 3.63) is 47.8 Å². The van der Waals surface area contributed by atoms with Gasteiger partial charge in [-0.2, -0.15) is 18.3 Å². The van der Waals surface area contributed by atoms with Gasteiger partial charge in [-0.1, -0.05) is 6.07 Å². The lowest BCUT2D eigenvalue weighted by atomic mass is 10.1. The van der Waals surface area contributed by atoms with Gasteiger partial charge in [0.15, 0.2) is 5.69 Å². The lowest BCUT2D eigenvalue weighted by Crippen LogP contribution is -2.39. The molecule has 1 saturated heterocycles. The zero-order chi connectivity index (χ0) is 17.3. The minimum Gasteiger partial charge on any atom is -0.334 e. The van der Waals surface area contributed by atoms with Crippen LogP contribution in [0, 0.1) is 0 Å². The Morgan fingerprint density at radius 3 is 2.79 bits per heavy atom. The quantitative estimate of drug-likeness (QED) is 0.935. The minimum absolute atomic E-state index is 0.0164. The number of alkyl halides is 3. The SMILES string of the molecule is NCC1CCCN1C(=O)c1cccc(-n2ccc(C(F)(F)F)n2)c1. The molecule has 0 saturated carbocycles. The maximum Gasteiger partial charge on any atom is 0.435 e. The van der Waals surface area contributed by atoms with Gasteiger partial charge in [0.2, 0.25) is 0 Å². The largest absolute Gasteiger partial charge is 0.435 e. The first-order valence-corrected chi connectivity index (χ1v) is 7.64. The molecule has 0 spiro atoms. The number of rotatable bonds is 3. The molecule has 2 aromatic rings. The van der Waals surface area contributed by atoms with Crippen LogP contribution in [-0.4, -0.2) is 39.7 Å². The highest BCUT2D eigenvalue weighted by Crippen LogP contribution is 2.28. The van der Waals surface area contributed by atoms with Crippen molar-refractivity contribution < 1.29 is 18.0 Å². The molecule has 24 heavy (non-hydrogen) atoms. The fraction of sp³-hybridized carbons (Fsp3) is 0.375. The number of carbonyl (C=O) groups is 1. The Morgan fingerprint density at radius 2 is 2.12 bits per heavy atom. The van der Waals surface area contributed by atoms with Crippen molar-refractivity contribution in [3.8, 4) is 5.69 Å². The van der Waals surface area contributed by atoms with E-state index in [0.717, 1.165) is 23.6 Å². The Labute approximate surface area is 136 Å². The molecule has 1 unspecified atom stereocenters. The summed E-state index contributed by atoms with van der Waals surface area (Å²) in [5.41, 5.74) is 5.54. The van der Waals surface area contributed by atoms with Crippen molar-refractivity contribution in [1.29, 1.82) is 0 Å². The molecule has 1 atom stereocenters. The van der Waals surface area contributed by atoms with Crippen LogP contribution >= 0.6 is 0 Å². The molecular formula is C16H17F3N4O. The molecule has 0 bridgehead atoms. The molecular weight excluding hydrogens is 321 g/mol. The van der Waals surface area contributed by atoms with Gasteiger partial charge in [-0.25, -0.2) is 4.68 Å². The van der Waals surface area contributed by atoms with E-state index in [1.807, 2.05) is 0 Å². The van der Waals surface area contributed by atoms with Crippen molar-refractivity contribution >= 4 is 5.91 Å². The molecule has 1 aromatic heterocycles. The standard InChI is InChI=1S/C16H17F3N4O/c17-16(18,19)14-6-8-23(21-14)12-4-1-3-11(9-12)15(24)22-7-2-5-13(22)10-20/h1,3-4,6,8-9,13H,2,5,7,10,20H2. The summed E-state index contributed by atoms with van der Waals surface area (Å²) in [4.78, 5) is 14.4. The highest BCUT2D eigenvalue weighted by atomic mass is 19.4. The molecule has 0 radical (unpaired) electrons. The van der Waals surface area contributed by atoms with Crippen LogP contribution in [0.2, 0.25) is 0 Å². The average Bonchev–Trinajstić information content (AvgIpc) is 3.22. The normalized spacial score (nSPS) is 18.2. The number of nitrogens with two attached hydrogens (primary N) is 1. The topological polar surface area (TPSA) is 64.2 Å². The fourth-order valence-electron chi connectivity index (χ4n) is 2.91. The maximum absolute atomic E-state index is 12.7. The monoisotopic (exact) mass is 338 g/mol. The number of halogens is 3. The van der Waals surface area contributed by atoms with Crippen LogP contribution in [0.4, 0.5) is 13.2 Å². The van der Waals surface area contributed by atoms with E-state index in [2.05, 4.69) is 5.10 Å². The molecule has 1 aliphatic rings. The molecule has 1 aromatic carbocycles. The van der Waals surface area contributed by atoms with Crippen LogP contribution < -0.4 is 5.73 Å². The minimum atomic E-state index is -4.50. The number of amides is 1. The van der Waals surface area contributed by atoms with Crippen molar-refractivity contribution in [2.45, 2.75) is 25.1 Å². The number of aromatic nitrogens is 2. The van der Waals surface area contributed by atoms with Gasteiger partial charge in [-0.3, -0.25) is 4.79 Å². The molecule has 1 fully saturated rings. The number of nitrogens with zero attached hydrogens (tertiary/aromatic N) is 3. The summed E-state index contributed by atoms with van der Waals surface area (Å²) >= 11 is 0. The second kappa shape index (κ2) is 6.27. The summed E-state index contributed by atoms with van der Waals surface area (Å²) in [6.45, 7) is 1.05. The molecule has 0 aliphatic carbocycles. The first-order chi connectivity index (χ1) is 11.4. The second-order valence-corrected chi connectivity index (χ2v) is 5.72. The van der Waals surface area contributed by atoms with E-state index >= 15 is 0 Å². The number of likely N-dealkylation sites (tertiary alicyclic amines) is 1. The predicted molar refractivity (Wildman–Crippen MR) is 81.7 cm³/mol. The smallest absolute Gasteiger partial charge is 0.334 e. The molecule has 128 valence electrons. The molecule has 1 amide bonds. The maximum atomic E-state index is 12.7. The molecule has 2 heterocycles. The van der Waals surface area contributed by atoms with E-state index in [1.165, 1.54) is 6.20 Å². The second-order valence-electron chi connectivity index (χ2n) is 5.72. The highest BCUT2D eigenvalue weighted by Gasteiger charge is 2.33. The average molecular weight is 338 g/mol. The van der Waals surface area contributed by atoms with Crippen molar-refractivity contribution in [1.82, 2.24) is 14.7 Å². The van der Waals surface area contributed by atoms with Gasteiger partial charge in [0.25, 0.3) is 5.91 Å². The zero-order valence-electron chi connectivity index (χ0n) is 12.8. The zero-order valence-corrected chi connectivity index (χ0v) is 12.8. The van der Waals surface area contributed by atoms with Crippen LogP contribution in [0.1, 0.15) is 28.9 Å². The van der Waals surface area contributed by atoms with Crippen molar-refractivity contribution in [3.63, 3.8) is 0 Å². The lowest BCUT2D eigenvalue weighted by Gasteiger charge is -2.23. The summed E-state index contributed by atoms with van der Waals surface area (Å²) in [6, 6.07) is 7.34. The van der Waals surface area contributed by atoms with Crippen LogP contribution in [-0.2, 0) is 6.18 Å². The van der Waals surface area contributed by atoms with Gasteiger partial charge in [0.05, 0.1) is 5.69 Å². The number of benzene rings is 1. The summed E-state index contributed by atoms with van der Waals surface area (Å²) in [6.07, 6.45) is -1.50. The highest BCUT2D eigenvalue weighted by molar-refractivity contribution is 5.95. The van der Waals surface area contributed by atoms with E-state index < -0.39 is 11.9 Å². The molecule has 8 heteroatoms. The Balaban J connectivity index is 1.87. The van der Waals surface area contributed by atoms with Crippen LogP contribution in [0.5, 0.6) is 0 Å². The Morgan fingerprint density at radius 1 is 1.33 bits per heavy atom. The van der Waals surface area contributed by atoms with Gasteiger partial charge in [0.1, 0.15) is 0 Å². The van der Waals surface area contributed by atoms with Gasteiger partial charge < -0.3 is 10.6 Å². The fourth-order valence-corrected chi connectivity index (χ4v) is 2.91. The van der Waals surface area contributed by atoms with E-state index in [9.17, 15) is 18.0 Å². The van der Waals surface area contributed by atoms with Crippen LogP contribution in [0.3, 0.4) is 0 Å². The van der Waals surface area contributed by atoms with Crippen molar-refractivity contribution in [2.75, 3.05) is 13.1 Å². The molecule has 1 aliphatic heterocycles.